The molecule has 0 fully saturated rings. The van der Waals surface area contributed by atoms with E-state index in [0.717, 1.165) is 5.56 Å². The number of hydrogen-bond donors (Lipinski definition) is 0. The minimum Gasteiger partial charge on any atom is -0.293 e. The second-order valence-corrected chi connectivity index (χ2v) is 7.34. The molecule has 0 aliphatic carbocycles. The van der Waals surface area contributed by atoms with Crippen LogP contribution in [0.5, 0.6) is 0 Å². The number of halogens is 1. The van der Waals surface area contributed by atoms with Gasteiger partial charge >= 0.3 is 5.69 Å². The molecule has 0 unspecified atom stereocenters. The molecule has 0 N–H and O–H groups in total. The minimum absolute atomic E-state index is 0.201. The van der Waals surface area contributed by atoms with Crippen LogP contribution in [-0.2, 0) is 12.5 Å². The number of fused-ring (bicyclic) bond motifs is 3. The zero-order valence-corrected chi connectivity index (χ0v) is 15.8. The molecule has 0 saturated carbocycles. The van der Waals surface area contributed by atoms with Crippen molar-refractivity contribution in [3.63, 3.8) is 0 Å². The molecule has 3 heterocycles. The number of nitriles is 1. The second-order valence-electron chi connectivity index (χ2n) is 6.95. The molecule has 6 nitrogen and oxygen atoms in total. The van der Waals surface area contributed by atoms with Crippen molar-refractivity contribution in [2.75, 3.05) is 0 Å². The normalized spacial score (nSPS) is 11.8. The van der Waals surface area contributed by atoms with Crippen LogP contribution in [0.25, 0.3) is 27.8 Å². The maximum atomic E-state index is 12.9. The van der Waals surface area contributed by atoms with Gasteiger partial charge in [-0.15, -0.1) is 0 Å². The van der Waals surface area contributed by atoms with Gasteiger partial charge in [-0.05, 0) is 43.7 Å². The van der Waals surface area contributed by atoms with Gasteiger partial charge in [-0.25, -0.2) is 9.78 Å². The zero-order valence-electron chi connectivity index (χ0n) is 15.1. The molecule has 0 amide bonds. The van der Waals surface area contributed by atoms with E-state index in [9.17, 15) is 10.1 Å². The standard InChI is InChI=1S/C20H16ClN5O/c1-20(2,11-22)12-4-6-13(7-5-12)26-18-15(25(3)19(26)27)10-23-14-8-9-16(21)24-17(14)18/h4-10H,1-3H3. The predicted octanol–water partition coefficient (Wildman–Crippen LogP) is 3.73. The summed E-state index contributed by atoms with van der Waals surface area (Å²) in [6, 6.07) is 13.2. The Morgan fingerprint density at radius 1 is 1.15 bits per heavy atom. The van der Waals surface area contributed by atoms with E-state index in [1.54, 1.807) is 29.9 Å². The van der Waals surface area contributed by atoms with Crippen molar-refractivity contribution in [3.8, 4) is 11.8 Å². The SMILES string of the molecule is Cn1c(=O)n(-c2ccc(C(C)(C)C#N)cc2)c2c3nc(Cl)ccc3ncc21. The molecule has 27 heavy (non-hydrogen) atoms. The van der Waals surface area contributed by atoms with Crippen molar-refractivity contribution in [3.05, 3.63) is 63.8 Å². The van der Waals surface area contributed by atoms with Crippen molar-refractivity contribution in [1.82, 2.24) is 19.1 Å². The number of nitrogens with zero attached hydrogens (tertiary/aromatic N) is 5. The van der Waals surface area contributed by atoms with E-state index in [1.807, 2.05) is 38.1 Å². The summed E-state index contributed by atoms with van der Waals surface area (Å²) in [6.07, 6.45) is 1.66. The quantitative estimate of drug-likeness (QED) is 0.499. The van der Waals surface area contributed by atoms with Crippen LogP contribution in [0.3, 0.4) is 0 Å². The van der Waals surface area contributed by atoms with E-state index in [0.29, 0.717) is 32.9 Å². The number of pyridine rings is 2. The van der Waals surface area contributed by atoms with Gasteiger partial charge in [-0.1, -0.05) is 23.7 Å². The minimum atomic E-state index is -0.603. The molecule has 0 aliphatic rings. The molecule has 0 radical (unpaired) electrons. The first kappa shape index (κ1) is 17.3. The summed E-state index contributed by atoms with van der Waals surface area (Å²) in [5, 5.41) is 9.67. The van der Waals surface area contributed by atoms with Gasteiger partial charge in [-0.2, -0.15) is 5.26 Å². The van der Waals surface area contributed by atoms with Crippen LogP contribution in [0.4, 0.5) is 0 Å². The third-order valence-corrected chi connectivity index (χ3v) is 5.03. The van der Waals surface area contributed by atoms with E-state index in [2.05, 4.69) is 16.0 Å². The summed E-state index contributed by atoms with van der Waals surface area (Å²) >= 11 is 6.09. The highest BCUT2D eigenvalue weighted by atomic mass is 35.5. The smallest absolute Gasteiger partial charge is 0.293 e. The topological polar surface area (TPSA) is 76.5 Å². The van der Waals surface area contributed by atoms with Crippen LogP contribution >= 0.6 is 11.6 Å². The van der Waals surface area contributed by atoms with Crippen molar-refractivity contribution >= 4 is 33.7 Å². The second kappa shape index (κ2) is 5.93. The Kier molecular flexibility index (Phi) is 3.79. The molecular weight excluding hydrogens is 362 g/mol. The number of benzene rings is 1. The largest absolute Gasteiger partial charge is 0.333 e. The number of hydrogen-bond acceptors (Lipinski definition) is 4. The van der Waals surface area contributed by atoms with Crippen molar-refractivity contribution in [1.29, 1.82) is 5.26 Å². The van der Waals surface area contributed by atoms with Crippen LogP contribution in [0.2, 0.25) is 5.15 Å². The Hall–Kier alpha value is -3.17. The molecule has 4 rings (SSSR count). The molecule has 0 atom stereocenters. The Morgan fingerprint density at radius 2 is 1.85 bits per heavy atom. The average molecular weight is 378 g/mol. The fourth-order valence-electron chi connectivity index (χ4n) is 3.17. The number of aromatic nitrogens is 4. The molecule has 0 aliphatic heterocycles. The molecule has 3 aromatic heterocycles. The van der Waals surface area contributed by atoms with E-state index in [1.165, 1.54) is 4.57 Å². The highest BCUT2D eigenvalue weighted by molar-refractivity contribution is 6.30. The van der Waals surface area contributed by atoms with Gasteiger partial charge in [0, 0.05) is 7.05 Å². The number of imidazole rings is 1. The maximum Gasteiger partial charge on any atom is 0.333 e. The molecule has 0 saturated heterocycles. The highest BCUT2D eigenvalue weighted by Gasteiger charge is 2.21. The van der Waals surface area contributed by atoms with E-state index in [4.69, 9.17) is 11.6 Å². The Balaban J connectivity index is 2.05. The first-order valence-corrected chi connectivity index (χ1v) is 8.76. The van der Waals surface area contributed by atoms with Gasteiger partial charge < -0.3 is 0 Å². The molecule has 7 heteroatoms. The predicted molar refractivity (Wildman–Crippen MR) is 105 cm³/mol. The molecule has 4 aromatic rings. The van der Waals surface area contributed by atoms with Gasteiger partial charge in [0.2, 0.25) is 0 Å². The van der Waals surface area contributed by atoms with Gasteiger partial charge in [0.25, 0.3) is 0 Å². The van der Waals surface area contributed by atoms with Crippen LogP contribution in [0, 0.1) is 11.3 Å². The third kappa shape index (κ3) is 2.59. The summed E-state index contributed by atoms with van der Waals surface area (Å²) in [4.78, 5) is 21.7. The zero-order chi connectivity index (χ0) is 19.3. The summed E-state index contributed by atoms with van der Waals surface area (Å²) in [6.45, 7) is 3.72. The van der Waals surface area contributed by atoms with Gasteiger partial charge in [0.1, 0.15) is 16.2 Å². The summed E-state index contributed by atoms with van der Waals surface area (Å²) in [7, 11) is 1.70. The first-order valence-electron chi connectivity index (χ1n) is 8.38. The fraction of sp³-hybridized carbons (Fsp3) is 0.200. The molecule has 0 bridgehead atoms. The lowest BCUT2D eigenvalue weighted by Crippen LogP contribution is -2.21. The lowest BCUT2D eigenvalue weighted by atomic mass is 9.86. The molecule has 134 valence electrons. The highest BCUT2D eigenvalue weighted by Crippen LogP contribution is 2.27. The Labute approximate surface area is 160 Å². The van der Waals surface area contributed by atoms with Gasteiger partial charge in [0.05, 0.1) is 34.4 Å². The lowest BCUT2D eigenvalue weighted by molar-refractivity contribution is 0.686. The van der Waals surface area contributed by atoms with Crippen molar-refractivity contribution < 1.29 is 0 Å². The fourth-order valence-corrected chi connectivity index (χ4v) is 3.31. The number of rotatable bonds is 2. The van der Waals surface area contributed by atoms with Crippen molar-refractivity contribution in [2.24, 2.45) is 7.05 Å². The van der Waals surface area contributed by atoms with Gasteiger partial charge in [0.15, 0.2) is 0 Å². The molecule has 0 spiro atoms. The summed E-state index contributed by atoms with van der Waals surface area (Å²) in [5.41, 5.74) is 3.33. The van der Waals surface area contributed by atoms with E-state index in [-0.39, 0.29) is 5.69 Å². The summed E-state index contributed by atoms with van der Waals surface area (Å²) < 4.78 is 3.14. The van der Waals surface area contributed by atoms with Crippen LogP contribution < -0.4 is 5.69 Å². The first-order chi connectivity index (χ1) is 12.8. The van der Waals surface area contributed by atoms with Crippen LogP contribution in [0.1, 0.15) is 19.4 Å². The van der Waals surface area contributed by atoms with Gasteiger partial charge in [-0.3, -0.25) is 14.1 Å². The number of aryl methyl sites for hydroxylation is 1. The summed E-state index contributed by atoms with van der Waals surface area (Å²) in [5.74, 6) is 0. The maximum absolute atomic E-state index is 12.9. The lowest BCUT2D eigenvalue weighted by Gasteiger charge is -2.16. The van der Waals surface area contributed by atoms with E-state index >= 15 is 0 Å². The molecular formula is C20H16ClN5O. The Bertz CT molecular complexity index is 1290. The Morgan fingerprint density at radius 3 is 2.52 bits per heavy atom. The van der Waals surface area contributed by atoms with E-state index < -0.39 is 5.41 Å². The van der Waals surface area contributed by atoms with Crippen LogP contribution in [-0.4, -0.2) is 19.1 Å². The van der Waals surface area contributed by atoms with Crippen molar-refractivity contribution in [2.45, 2.75) is 19.3 Å². The van der Waals surface area contributed by atoms with Crippen LogP contribution in [0.15, 0.2) is 47.4 Å². The molecule has 1 aromatic carbocycles. The monoisotopic (exact) mass is 377 g/mol. The third-order valence-electron chi connectivity index (χ3n) is 4.82. The average Bonchev–Trinajstić information content (AvgIpc) is 2.93.